The third-order valence-electron chi connectivity index (χ3n) is 2.85. The van der Waals surface area contributed by atoms with Crippen LogP contribution in [0.15, 0.2) is 23.1 Å². The average molecular weight is 302 g/mol. The van der Waals surface area contributed by atoms with Crippen LogP contribution in [0.5, 0.6) is 0 Å². The maximum atomic E-state index is 13.3. The lowest BCUT2D eigenvalue weighted by Gasteiger charge is -2.18. The third-order valence-corrected chi connectivity index (χ3v) is 4.40. The predicted octanol–water partition coefficient (Wildman–Crippen LogP) is 2.26. The summed E-state index contributed by atoms with van der Waals surface area (Å²) in [6.45, 7) is 6.82. The van der Waals surface area contributed by atoms with Gasteiger partial charge in [-0.25, -0.2) is 17.5 Å². The number of hydrogen-bond donors (Lipinski definition) is 2. The Bertz CT molecular complexity index is 551. The second-order valence-corrected chi connectivity index (χ2v) is 7.73. The molecule has 0 aromatic heterocycles. The first-order valence-corrected chi connectivity index (χ1v) is 8.07. The molecule has 0 aliphatic carbocycles. The van der Waals surface area contributed by atoms with E-state index in [0.717, 1.165) is 6.07 Å². The van der Waals surface area contributed by atoms with Gasteiger partial charge in [-0.2, -0.15) is 0 Å². The second kappa shape index (κ2) is 6.65. The normalized spacial score (nSPS) is 12.7. The Hall–Kier alpha value is -0.980. The number of halogens is 1. The van der Waals surface area contributed by atoms with Crippen molar-refractivity contribution in [2.45, 2.75) is 38.6 Å². The van der Waals surface area contributed by atoms with Gasteiger partial charge in [0, 0.05) is 13.1 Å². The van der Waals surface area contributed by atoms with Crippen molar-refractivity contribution in [1.82, 2.24) is 10.0 Å². The zero-order valence-corrected chi connectivity index (χ0v) is 13.3. The van der Waals surface area contributed by atoms with Crippen LogP contribution in [0.3, 0.4) is 0 Å². The Morgan fingerprint density at radius 2 is 1.90 bits per heavy atom. The smallest absolute Gasteiger partial charge is 0.240 e. The molecule has 0 aliphatic rings. The van der Waals surface area contributed by atoms with Gasteiger partial charge >= 0.3 is 0 Å². The highest BCUT2D eigenvalue weighted by atomic mass is 32.2. The van der Waals surface area contributed by atoms with Crippen LogP contribution in [-0.2, 0) is 16.6 Å². The van der Waals surface area contributed by atoms with E-state index in [4.69, 9.17) is 0 Å². The minimum absolute atomic E-state index is 0.000703. The van der Waals surface area contributed by atoms with Gasteiger partial charge in [0.1, 0.15) is 5.82 Å². The van der Waals surface area contributed by atoms with Crippen LogP contribution < -0.4 is 10.0 Å². The van der Waals surface area contributed by atoms with Crippen molar-refractivity contribution in [2.75, 3.05) is 13.6 Å². The molecule has 114 valence electrons. The van der Waals surface area contributed by atoms with Crippen molar-refractivity contribution >= 4 is 10.0 Å². The number of sulfonamides is 1. The molecule has 0 amide bonds. The number of nitrogens with one attached hydrogen (secondary N) is 2. The Morgan fingerprint density at radius 1 is 1.25 bits per heavy atom. The summed E-state index contributed by atoms with van der Waals surface area (Å²) in [6.07, 6.45) is 0.711. The monoisotopic (exact) mass is 302 g/mol. The van der Waals surface area contributed by atoms with E-state index >= 15 is 0 Å². The van der Waals surface area contributed by atoms with Crippen molar-refractivity contribution in [1.29, 1.82) is 0 Å². The lowest BCUT2D eigenvalue weighted by Crippen LogP contribution is -2.28. The molecule has 0 fully saturated rings. The van der Waals surface area contributed by atoms with Crippen molar-refractivity contribution in [3.63, 3.8) is 0 Å². The highest BCUT2D eigenvalue weighted by Gasteiger charge is 2.20. The van der Waals surface area contributed by atoms with Crippen molar-refractivity contribution in [3.8, 4) is 0 Å². The molecule has 0 radical (unpaired) electrons. The van der Waals surface area contributed by atoms with Crippen LogP contribution in [0.2, 0.25) is 0 Å². The van der Waals surface area contributed by atoms with E-state index in [1.54, 1.807) is 7.05 Å². The first kappa shape index (κ1) is 17.1. The molecule has 6 heteroatoms. The molecule has 0 spiro atoms. The van der Waals surface area contributed by atoms with Crippen molar-refractivity contribution in [2.24, 2.45) is 5.41 Å². The van der Waals surface area contributed by atoms with Gasteiger partial charge < -0.3 is 5.32 Å². The van der Waals surface area contributed by atoms with E-state index in [0.29, 0.717) is 25.1 Å². The number of benzene rings is 1. The molecule has 0 saturated carbocycles. The standard InChI is InChI=1S/C14H23FN2O2S/c1-14(2,3)7-8-17-20(18,19)13-9-12(15)6-5-11(13)10-16-4/h5-6,9,16-17H,7-8,10H2,1-4H3. The van der Waals surface area contributed by atoms with Crippen LogP contribution in [0, 0.1) is 11.2 Å². The molecular formula is C14H23FN2O2S. The maximum Gasteiger partial charge on any atom is 0.240 e. The average Bonchev–Trinajstić information content (AvgIpc) is 2.29. The molecule has 0 bridgehead atoms. The highest BCUT2D eigenvalue weighted by molar-refractivity contribution is 7.89. The van der Waals surface area contributed by atoms with Crippen LogP contribution in [0.4, 0.5) is 4.39 Å². The van der Waals surface area contributed by atoms with Gasteiger partial charge in [0.05, 0.1) is 4.90 Å². The van der Waals surface area contributed by atoms with Gasteiger partial charge in [-0.05, 0) is 36.6 Å². The van der Waals surface area contributed by atoms with Gasteiger partial charge in [0.25, 0.3) is 0 Å². The van der Waals surface area contributed by atoms with E-state index in [-0.39, 0.29) is 10.3 Å². The van der Waals surface area contributed by atoms with Crippen LogP contribution >= 0.6 is 0 Å². The van der Waals surface area contributed by atoms with E-state index < -0.39 is 15.8 Å². The molecular weight excluding hydrogens is 279 g/mol. The minimum Gasteiger partial charge on any atom is -0.316 e. The van der Waals surface area contributed by atoms with Gasteiger partial charge in [0.15, 0.2) is 0 Å². The van der Waals surface area contributed by atoms with Crippen molar-refractivity contribution in [3.05, 3.63) is 29.6 Å². The Labute approximate surface area is 120 Å². The van der Waals surface area contributed by atoms with Crippen LogP contribution in [-0.4, -0.2) is 22.0 Å². The Kier molecular flexibility index (Phi) is 5.68. The van der Waals surface area contributed by atoms with Crippen LogP contribution in [0.25, 0.3) is 0 Å². The quantitative estimate of drug-likeness (QED) is 0.847. The first-order chi connectivity index (χ1) is 9.15. The fraction of sp³-hybridized carbons (Fsp3) is 0.571. The second-order valence-electron chi connectivity index (χ2n) is 5.99. The summed E-state index contributed by atoms with van der Waals surface area (Å²) in [5.41, 5.74) is 0.593. The number of rotatable bonds is 6. The largest absolute Gasteiger partial charge is 0.316 e. The lowest BCUT2D eigenvalue weighted by molar-refractivity contribution is 0.378. The summed E-state index contributed by atoms with van der Waals surface area (Å²) in [5, 5.41) is 2.88. The zero-order valence-electron chi connectivity index (χ0n) is 12.5. The molecule has 0 aliphatic heterocycles. The molecule has 0 atom stereocenters. The van der Waals surface area contributed by atoms with E-state index in [1.807, 2.05) is 20.8 Å². The Balaban J connectivity index is 2.94. The van der Waals surface area contributed by atoms with E-state index in [2.05, 4.69) is 10.0 Å². The van der Waals surface area contributed by atoms with Gasteiger partial charge in [-0.1, -0.05) is 26.8 Å². The van der Waals surface area contributed by atoms with Crippen LogP contribution in [0.1, 0.15) is 32.8 Å². The topological polar surface area (TPSA) is 58.2 Å². The maximum absolute atomic E-state index is 13.3. The minimum atomic E-state index is -3.69. The van der Waals surface area contributed by atoms with Gasteiger partial charge in [-0.3, -0.25) is 0 Å². The Morgan fingerprint density at radius 3 is 2.45 bits per heavy atom. The summed E-state index contributed by atoms with van der Waals surface area (Å²) < 4.78 is 40.4. The predicted molar refractivity (Wildman–Crippen MR) is 78.4 cm³/mol. The molecule has 1 rings (SSSR count). The molecule has 4 nitrogen and oxygen atoms in total. The summed E-state index contributed by atoms with van der Waals surface area (Å²) in [7, 11) is -1.97. The fourth-order valence-corrected chi connectivity index (χ4v) is 3.03. The lowest BCUT2D eigenvalue weighted by atomic mass is 9.93. The summed E-state index contributed by atoms with van der Waals surface area (Å²) >= 11 is 0. The van der Waals surface area contributed by atoms with Gasteiger partial charge in [-0.15, -0.1) is 0 Å². The molecule has 0 unspecified atom stereocenters. The SMILES string of the molecule is CNCc1ccc(F)cc1S(=O)(=O)NCCC(C)(C)C. The first-order valence-electron chi connectivity index (χ1n) is 6.58. The highest BCUT2D eigenvalue weighted by Crippen LogP contribution is 2.20. The number of hydrogen-bond acceptors (Lipinski definition) is 3. The molecule has 2 N–H and O–H groups in total. The van der Waals surface area contributed by atoms with Crippen molar-refractivity contribution < 1.29 is 12.8 Å². The molecule has 0 saturated heterocycles. The molecule has 20 heavy (non-hydrogen) atoms. The molecule has 1 aromatic rings. The zero-order chi connectivity index (χ0) is 15.4. The fourth-order valence-electron chi connectivity index (χ4n) is 1.75. The summed E-state index contributed by atoms with van der Waals surface area (Å²) in [5.74, 6) is -0.555. The molecule has 0 heterocycles. The summed E-state index contributed by atoms with van der Waals surface area (Å²) in [6, 6.07) is 3.82. The van der Waals surface area contributed by atoms with E-state index in [9.17, 15) is 12.8 Å². The summed E-state index contributed by atoms with van der Waals surface area (Å²) in [4.78, 5) is 0.000703. The molecule has 1 aromatic carbocycles. The van der Waals surface area contributed by atoms with Gasteiger partial charge in [0.2, 0.25) is 10.0 Å². The van der Waals surface area contributed by atoms with E-state index in [1.165, 1.54) is 12.1 Å². The third kappa shape index (κ3) is 5.19.